The Bertz CT molecular complexity index is 268. The molecule has 0 radical (unpaired) electrons. The fourth-order valence-electron chi connectivity index (χ4n) is 0.974. The molecule has 0 saturated carbocycles. The van der Waals surface area contributed by atoms with Gasteiger partial charge in [-0.25, -0.2) is 0 Å². The summed E-state index contributed by atoms with van der Waals surface area (Å²) in [5.41, 5.74) is 5.19. The van der Waals surface area contributed by atoms with Crippen molar-refractivity contribution in [3.05, 3.63) is 0 Å². The summed E-state index contributed by atoms with van der Waals surface area (Å²) in [5, 5.41) is 8.27. The zero-order chi connectivity index (χ0) is 13.3. The number of carbonyl (C=O) groups excluding carboxylic acids is 2. The van der Waals surface area contributed by atoms with Crippen LogP contribution in [-0.4, -0.2) is 41.1 Å². The Morgan fingerprint density at radius 1 is 1.47 bits per heavy atom. The van der Waals surface area contributed by atoms with Gasteiger partial charge in [0.1, 0.15) is 6.04 Å². The van der Waals surface area contributed by atoms with Crippen LogP contribution in [0.5, 0.6) is 0 Å². The average molecular weight is 263 g/mol. The first-order valence-electron chi connectivity index (χ1n) is 5.18. The Balaban J connectivity index is 0.000000302. The van der Waals surface area contributed by atoms with E-state index >= 15 is 0 Å². The summed E-state index contributed by atoms with van der Waals surface area (Å²) >= 11 is 1.60. The van der Waals surface area contributed by atoms with Crippen LogP contribution in [0.4, 0.5) is 0 Å². The smallest absolute Gasteiger partial charge is 0.320 e. The lowest BCUT2D eigenvalue weighted by atomic mass is 10.2. The minimum absolute atomic E-state index is 0.388. The monoisotopic (exact) mass is 263 g/mol. The van der Waals surface area contributed by atoms with E-state index in [0.717, 1.165) is 5.75 Å². The highest BCUT2D eigenvalue weighted by atomic mass is 32.2. The molecule has 1 saturated heterocycles. The molecule has 98 valence electrons. The highest BCUT2D eigenvalue weighted by Crippen LogP contribution is 2.06. The summed E-state index contributed by atoms with van der Waals surface area (Å²) < 4.78 is 4.21. The summed E-state index contributed by atoms with van der Waals surface area (Å²) in [6.45, 7) is 0. The third-order valence-corrected chi connectivity index (χ3v) is 2.58. The van der Waals surface area contributed by atoms with Gasteiger partial charge in [0.05, 0.1) is 0 Å². The molecule has 3 N–H and O–H groups in total. The van der Waals surface area contributed by atoms with Crippen molar-refractivity contribution < 1.29 is 24.2 Å². The van der Waals surface area contributed by atoms with E-state index < -0.39 is 12.0 Å². The number of rotatable bonds is 4. The second-order valence-electron chi connectivity index (χ2n) is 3.43. The number of ether oxygens (including phenoxy) is 1. The molecule has 0 amide bonds. The van der Waals surface area contributed by atoms with Crippen molar-refractivity contribution in [1.29, 1.82) is 0 Å². The Kier molecular flexibility index (Phi) is 8.43. The van der Waals surface area contributed by atoms with Crippen molar-refractivity contribution in [2.45, 2.75) is 31.7 Å². The molecule has 17 heavy (non-hydrogen) atoms. The van der Waals surface area contributed by atoms with Gasteiger partial charge in [0.15, 0.2) is 0 Å². The van der Waals surface area contributed by atoms with Gasteiger partial charge in [-0.3, -0.25) is 14.4 Å². The molecular formula is C10H17NO5S. The first-order valence-corrected chi connectivity index (χ1v) is 6.57. The fraction of sp³-hybridized carbons (Fsp3) is 0.700. The molecule has 1 fully saturated rings. The third kappa shape index (κ3) is 8.70. The average Bonchev–Trinajstić information content (AvgIpc) is 2.26. The number of cyclic esters (lactones) is 2. The number of carboxylic acids is 1. The number of carbonyl (C=O) groups is 3. The zero-order valence-electron chi connectivity index (χ0n) is 9.68. The van der Waals surface area contributed by atoms with Crippen LogP contribution < -0.4 is 5.73 Å². The van der Waals surface area contributed by atoms with E-state index in [2.05, 4.69) is 4.74 Å². The zero-order valence-corrected chi connectivity index (χ0v) is 10.5. The number of hydrogen-bond donors (Lipinski definition) is 2. The Hall–Kier alpha value is -1.08. The first kappa shape index (κ1) is 15.9. The van der Waals surface area contributed by atoms with Crippen molar-refractivity contribution >= 4 is 29.7 Å². The number of aliphatic carboxylic acids is 1. The van der Waals surface area contributed by atoms with Crippen LogP contribution in [0.1, 0.15) is 25.7 Å². The van der Waals surface area contributed by atoms with Gasteiger partial charge in [-0.15, -0.1) is 0 Å². The molecule has 1 aliphatic rings. The van der Waals surface area contributed by atoms with Crippen molar-refractivity contribution in [2.75, 3.05) is 12.0 Å². The van der Waals surface area contributed by atoms with Gasteiger partial charge in [0.25, 0.3) is 0 Å². The molecule has 1 aliphatic heterocycles. The summed E-state index contributed by atoms with van der Waals surface area (Å²) in [4.78, 5) is 30.5. The van der Waals surface area contributed by atoms with Crippen LogP contribution in [-0.2, 0) is 19.1 Å². The molecule has 1 atom stereocenters. The maximum Gasteiger partial charge on any atom is 0.320 e. The predicted molar refractivity (Wildman–Crippen MR) is 63.6 cm³/mol. The maximum atomic E-state index is 10.2. The van der Waals surface area contributed by atoms with Gasteiger partial charge in [0.2, 0.25) is 0 Å². The van der Waals surface area contributed by atoms with E-state index in [0.29, 0.717) is 25.7 Å². The van der Waals surface area contributed by atoms with Gasteiger partial charge in [0, 0.05) is 12.8 Å². The van der Waals surface area contributed by atoms with Crippen molar-refractivity contribution in [2.24, 2.45) is 5.73 Å². The van der Waals surface area contributed by atoms with Crippen LogP contribution in [0.15, 0.2) is 0 Å². The Labute approximate surface area is 104 Å². The Morgan fingerprint density at radius 3 is 2.29 bits per heavy atom. The second-order valence-corrected chi connectivity index (χ2v) is 4.41. The van der Waals surface area contributed by atoms with E-state index in [1.165, 1.54) is 0 Å². The van der Waals surface area contributed by atoms with E-state index in [4.69, 9.17) is 10.8 Å². The molecule has 0 bridgehead atoms. The van der Waals surface area contributed by atoms with Gasteiger partial charge < -0.3 is 15.6 Å². The van der Waals surface area contributed by atoms with E-state index in [1.54, 1.807) is 11.8 Å². The lowest BCUT2D eigenvalue weighted by Gasteiger charge is -2.06. The van der Waals surface area contributed by atoms with Crippen molar-refractivity contribution in [3.8, 4) is 0 Å². The van der Waals surface area contributed by atoms with Gasteiger partial charge in [-0.1, -0.05) is 0 Å². The number of nitrogens with two attached hydrogens (primary N) is 1. The number of carboxylic acid groups (broad SMARTS) is 1. The number of hydrogen-bond acceptors (Lipinski definition) is 6. The first-order chi connectivity index (χ1) is 7.97. The van der Waals surface area contributed by atoms with E-state index in [9.17, 15) is 14.4 Å². The lowest BCUT2D eigenvalue weighted by Crippen LogP contribution is -2.30. The Morgan fingerprint density at radius 2 is 2.00 bits per heavy atom. The molecule has 7 heteroatoms. The molecule has 0 aromatic carbocycles. The van der Waals surface area contributed by atoms with E-state index in [1.807, 2.05) is 6.26 Å². The molecule has 0 aromatic heterocycles. The number of esters is 2. The highest BCUT2D eigenvalue weighted by molar-refractivity contribution is 7.98. The number of thioether (sulfide) groups is 1. The molecule has 1 rings (SSSR count). The summed E-state index contributed by atoms with van der Waals surface area (Å²) in [6.07, 6.45) is 3.92. The quantitative estimate of drug-likeness (QED) is 0.558. The predicted octanol–water partition coefficient (Wildman–Crippen LogP) is 0.391. The molecule has 0 unspecified atom stereocenters. The fourth-order valence-corrected chi connectivity index (χ4v) is 1.46. The third-order valence-electron chi connectivity index (χ3n) is 1.94. The van der Waals surface area contributed by atoms with Gasteiger partial charge in [-0.05, 0) is 24.9 Å². The van der Waals surface area contributed by atoms with Crippen molar-refractivity contribution in [1.82, 2.24) is 0 Å². The normalized spacial score (nSPS) is 16.6. The van der Waals surface area contributed by atoms with Crippen LogP contribution in [0.2, 0.25) is 0 Å². The standard InChI is InChI=1S/C5H11NO2S.C5H6O3/c1-9-3-2-4(6)5(7)8;6-4-2-1-3-5(7)8-4/h4H,2-3,6H2,1H3,(H,7,8);1-3H2/t4-;/m0./s1. The maximum absolute atomic E-state index is 10.2. The summed E-state index contributed by atoms with van der Waals surface area (Å²) in [5.74, 6) is -0.875. The molecule has 1 heterocycles. The van der Waals surface area contributed by atoms with Crippen molar-refractivity contribution in [3.63, 3.8) is 0 Å². The molecule has 0 spiro atoms. The minimum atomic E-state index is -0.913. The van der Waals surface area contributed by atoms with Gasteiger partial charge in [-0.2, -0.15) is 11.8 Å². The molecule has 0 aliphatic carbocycles. The molecule has 6 nitrogen and oxygen atoms in total. The largest absolute Gasteiger partial charge is 0.480 e. The van der Waals surface area contributed by atoms with Gasteiger partial charge >= 0.3 is 17.9 Å². The summed E-state index contributed by atoms with van der Waals surface area (Å²) in [6, 6.07) is -0.683. The van der Waals surface area contributed by atoms with E-state index in [-0.39, 0.29) is 11.9 Å². The van der Waals surface area contributed by atoms with Crippen LogP contribution in [0.3, 0.4) is 0 Å². The minimum Gasteiger partial charge on any atom is -0.480 e. The molecular weight excluding hydrogens is 246 g/mol. The lowest BCUT2D eigenvalue weighted by molar-refractivity contribution is -0.163. The topological polar surface area (TPSA) is 107 Å². The highest BCUT2D eigenvalue weighted by Gasteiger charge is 2.15. The van der Waals surface area contributed by atoms with Crippen LogP contribution in [0, 0.1) is 0 Å². The summed E-state index contributed by atoms with van der Waals surface area (Å²) in [7, 11) is 0. The molecule has 0 aromatic rings. The SMILES string of the molecule is CSCC[C@H](N)C(=O)O.O=C1CCCC(=O)O1. The van der Waals surface area contributed by atoms with Crippen LogP contribution >= 0.6 is 11.8 Å². The van der Waals surface area contributed by atoms with Crippen LogP contribution in [0.25, 0.3) is 0 Å². The second kappa shape index (κ2) is 9.00.